The van der Waals surface area contributed by atoms with Crippen molar-refractivity contribution in [2.75, 3.05) is 19.7 Å². The Kier molecular flexibility index (Phi) is 4.88. The second-order valence-electron chi connectivity index (χ2n) is 5.63. The van der Waals surface area contributed by atoms with Crippen molar-refractivity contribution in [1.82, 2.24) is 4.31 Å². The Morgan fingerprint density at radius 3 is 2.19 bits per heavy atom. The molecule has 1 aliphatic heterocycles. The number of rotatable bonds is 5. The number of hydrogen-bond donors (Lipinski definition) is 2. The van der Waals surface area contributed by atoms with Crippen molar-refractivity contribution in [2.24, 2.45) is 5.92 Å². The van der Waals surface area contributed by atoms with Crippen LogP contribution in [0.2, 0.25) is 0 Å². The third-order valence-electron chi connectivity index (χ3n) is 3.27. The molecule has 2 unspecified atom stereocenters. The van der Waals surface area contributed by atoms with Gasteiger partial charge in [0.25, 0.3) is 0 Å². The van der Waals surface area contributed by atoms with E-state index in [-0.39, 0.29) is 18.0 Å². The summed E-state index contributed by atoms with van der Waals surface area (Å²) in [6, 6.07) is 6.17. The predicted molar refractivity (Wildman–Crippen MR) is 77.5 cm³/mol. The molecule has 0 saturated carbocycles. The summed E-state index contributed by atoms with van der Waals surface area (Å²) in [5.74, 6) is 1.00. The fourth-order valence-corrected chi connectivity index (χ4v) is 3.53. The van der Waals surface area contributed by atoms with Crippen molar-refractivity contribution in [3.63, 3.8) is 0 Å². The number of β-amino-alcohol motifs (C(OH)–C–C–N with tert-alkyl or cyclic N) is 2. The molecule has 1 aliphatic rings. The summed E-state index contributed by atoms with van der Waals surface area (Å²) in [5, 5.41) is 18.9. The van der Waals surface area contributed by atoms with Crippen LogP contribution in [0, 0.1) is 5.92 Å². The van der Waals surface area contributed by atoms with Crippen molar-refractivity contribution >= 4 is 10.0 Å². The van der Waals surface area contributed by atoms with Crippen LogP contribution in [0.25, 0.3) is 0 Å². The maximum Gasteiger partial charge on any atom is 0.243 e. The summed E-state index contributed by atoms with van der Waals surface area (Å²) >= 11 is 0. The summed E-state index contributed by atoms with van der Waals surface area (Å²) in [4.78, 5) is 0.126. The Morgan fingerprint density at radius 1 is 1.19 bits per heavy atom. The number of aliphatic hydroxyl groups excluding tert-OH is 2. The highest BCUT2D eigenvalue weighted by atomic mass is 32.2. The Hall–Kier alpha value is -1.15. The van der Waals surface area contributed by atoms with Crippen LogP contribution in [0.5, 0.6) is 5.75 Å². The second kappa shape index (κ2) is 6.31. The van der Waals surface area contributed by atoms with E-state index in [4.69, 9.17) is 4.74 Å². The number of ether oxygens (including phenoxy) is 1. The molecular weight excluding hydrogens is 294 g/mol. The van der Waals surface area contributed by atoms with Crippen molar-refractivity contribution in [2.45, 2.75) is 31.0 Å². The molecule has 7 heteroatoms. The zero-order valence-corrected chi connectivity index (χ0v) is 13.0. The lowest BCUT2D eigenvalue weighted by molar-refractivity contribution is 0.0572. The van der Waals surface area contributed by atoms with Gasteiger partial charge in [-0.2, -0.15) is 4.31 Å². The Bertz CT molecular complexity index is 560. The van der Waals surface area contributed by atoms with Crippen LogP contribution >= 0.6 is 0 Å². The molecule has 1 saturated heterocycles. The Balaban J connectivity index is 2.10. The predicted octanol–water partition coefficient (Wildman–Crippen LogP) is 0.448. The van der Waals surface area contributed by atoms with Gasteiger partial charge in [-0.3, -0.25) is 0 Å². The normalized spacial score (nSPS) is 23.7. The van der Waals surface area contributed by atoms with Gasteiger partial charge in [-0.1, -0.05) is 13.8 Å². The number of hydrogen-bond acceptors (Lipinski definition) is 5. The Morgan fingerprint density at radius 2 is 1.71 bits per heavy atom. The third kappa shape index (κ3) is 3.74. The van der Waals surface area contributed by atoms with E-state index in [1.54, 1.807) is 12.1 Å². The van der Waals surface area contributed by atoms with E-state index in [2.05, 4.69) is 0 Å². The maximum absolute atomic E-state index is 12.4. The molecule has 0 aromatic heterocycles. The monoisotopic (exact) mass is 315 g/mol. The van der Waals surface area contributed by atoms with E-state index >= 15 is 0 Å². The first-order valence-electron chi connectivity index (χ1n) is 6.90. The molecule has 0 amide bonds. The molecule has 1 aromatic rings. The molecule has 6 nitrogen and oxygen atoms in total. The zero-order chi connectivity index (χ0) is 15.6. The topological polar surface area (TPSA) is 87.1 Å². The van der Waals surface area contributed by atoms with Crippen LogP contribution in [0.4, 0.5) is 0 Å². The molecule has 21 heavy (non-hydrogen) atoms. The number of benzene rings is 1. The smallest absolute Gasteiger partial charge is 0.243 e. The quantitative estimate of drug-likeness (QED) is 0.824. The van der Waals surface area contributed by atoms with Gasteiger partial charge in [0.05, 0.1) is 23.7 Å². The van der Waals surface area contributed by atoms with E-state index in [1.165, 1.54) is 12.1 Å². The SMILES string of the molecule is CC(C)COc1ccc(S(=O)(=O)N2CC(O)C(O)C2)cc1. The van der Waals surface area contributed by atoms with Gasteiger partial charge in [-0.25, -0.2) is 8.42 Å². The summed E-state index contributed by atoms with van der Waals surface area (Å²) in [6.45, 7) is 4.45. The molecule has 2 atom stereocenters. The van der Waals surface area contributed by atoms with Crippen LogP contribution in [-0.4, -0.2) is 54.8 Å². The maximum atomic E-state index is 12.4. The van der Waals surface area contributed by atoms with Crippen molar-refractivity contribution in [3.05, 3.63) is 24.3 Å². The molecule has 0 radical (unpaired) electrons. The highest BCUT2D eigenvalue weighted by Gasteiger charge is 2.37. The molecule has 118 valence electrons. The van der Waals surface area contributed by atoms with Crippen LogP contribution in [-0.2, 0) is 10.0 Å². The number of aliphatic hydroxyl groups is 2. The van der Waals surface area contributed by atoms with Gasteiger partial charge in [0.2, 0.25) is 10.0 Å². The summed E-state index contributed by atoms with van der Waals surface area (Å²) in [6.07, 6.45) is -2.07. The van der Waals surface area contributed by atoms with E-state index in [0.717, 1.165) is 4.31 Å². The van der Waals surface area contributed by atoms with Crippen molar-refractivity contribution in [3.8, 4) is 5.75 Å². The van der Waals surface area contributed by atoms with Gasteiger partial charge in [-0.05, 0) is 30.2 Å². The lowest BCUT2D eigenvalue weighted by Gasteiger charge is -2.16. The minimum absolute atomic E-state index is 0.0882. The molecule has 2 N–H and O–H groups in total. The fraction of sp³-hybridized carbons (Fsp3) is 0.571. The fourth-order valence-electron chi connectivity index (χ4n) is 2.05. The molecule has 1 aromatic carbocycles. The van der Waals surface area contributed by atoms with Crippen LogP contribution in [0.3, 0.4) is 0 Å². The average molecular weight is 315 g/mol. The zero-order valence-electron chi connectivity index (χ0n) is 12.1. The Labute approximate surface area is 125 Å². The van der Waals surface area contributed by atoms with Gasteiger partial charge >= 0.3 is 0 Å². The van der Waals surface area contributed by atoms with Gasteiger partial charge in [0.15, 0.2) is 0 Å². The van der Waals surface area contributed by atoms with Gasteiger partial charge in [-0.15, -0.1) is 0 Å². The number of sulfonamides is 1. The molecule has 0 bridgehead atoms. The summed E-state index contributed by atoms with van der Waals surface area (Å²) in [5.41, 5.74) is 0. The van der Waals surface area contributed by atoms with E-state index in [1.807, 2.05) is 13.8 Å². The highest BCUT2D eigenvalue weighted by Crippen LogP contribution is 2.23. The van der Waals surface area contributed by atoms with E-state index < -0.39 is 22.2 Å². The molecule has 0 spiro atoms. The molecule has 2 rings (SSSR count). The van der Waals surface area contributed by atoms with E-state index in [0.29, 0.717) is 18.3 Å². The van der Waals surface area contributed by atoms with E-state index in [9.17, 15) is 18.6 Å². The summed E-state index contributed by atoms with van der Waals surface area (Å²) < 4.78 is 31.3. The average Bonchev–Trinajstić information content (AvgIpc) is 2.77. The molecule has 1 heterocycles. The second-order valence-corrected chi connectivity index (χ2v) is 7.57. The third-order valence-corrected chi connectivity index (χ3v) is 5.12. The number of nitrogens with zero attached hydrogens (tertiary/aromatic N) is 1. The molecular formula is C14H21NO5S. The first kappa shape index (κ1) is 16.2. The van der Waals surface area contributed by atoms with Gasteiger partial charge < -0.3 is 14.9 Å². The van der Waals surface area contributed by atoms with Crippen molar-refractivity contribution in [1.29, 1.82) is 0 Å². The molecule has 0 aliphatic carbocycles. The lowest BCUT2D eigenvalue weighted by atomic mass is 10.2. The first-order valence-corrected chi connectivity index (χ1v) is 8.34. The lowest BCUT2D eigenvalue weighted by Crippen LogP contribution is -2.29. The first-order chi connectivity index (χ1) is 9.80. The van der Waals surface area contributed by atoms with Gasteiger partial charge in [0.1, 0.15) is 5.75 Å². The van der Waals surface area contributed by atoms with Crippen LogP contribution in [0.1, 0.15) is 13.8 Å². The van der Waals surface area contributed by atoms with Crippen molar-refractivity contribution < 1.29 is 23.4 Å². The van der Waals surface area contributed by atoms with Gasteiger partial charge in [0, 0.05) is 13.1 Å². The minimum Gasteiger partial charge on any atom is -0.493 e. The minimum atomic E-state index is -3.69. The molecule has 1 fully saturated rings. The van der Waals surface area contributed by atoms with Crippen LogP contribution < -0.4 is 4.74 Å². The summed E-state index contributed by atoms with van der Waals surface area (Å²) in [7, 11) is -3.69. The van der Waals surface area contributed by atoms with Crippen LogP contribution in [0.15, 0.2) is 29.2 Å². The highest BCUT2D eigenvalue weighted by molar-refractivity contribution is 7.89. The largest absolute Gasteiger partial charge is 0.493 e. The standard InChI is InChI=1S/C14H21NO5S/c1-10(2)9-20-11-3-5-12(6-4-11)21(18,19)15-7-13(16)14(17)8-15/h3-6,10,13-14,16-17H,7-9H2,1-2H3.